The average molecular weight is 229 g/mol. The molecule has 94 valence electrons. The lowest BCUT2D eigenvalue weighted by atomic mass is 10.1. The van der Waals surface area contributed by atoms with Gasteiger partial charge in [0.15, 0.2) is 0 Å². The van der Waals surface area contributed by atoms with Gasteiger partial charge in [-0.25, -0.2) is 0 Å². The molecular weight excluding hydrogens is 206 g/mol. The third-order valence-corrected chi connectivity index (χ3v) is 3.23. The fourth-order valence-corrected chi connectivity index (χ4v) is 2.02. The van der Waals surface area contributed by atoms with E-state index in [9.17, 15) is 4.79 Å². The summed E-state index contributed by atoms with van der Waals surface area (Å²) in [4.78, 5) is 15.5. The van der Waals surface area contributed by atoms with E-state index in [1.807, 2.05) is 6.92 Å². The Morgan fingerprint density at radius 3 is 2.75 bits per heavy atom. The lowest BCUT2D eigenvalue weighted by Gasteiger charge is -2.38. The van der Waals surface area contributed by atoms with E-state index in [1.54, 1.807) is 0 Å². The second kappa shape index (κ2) is 6.18. The Kier molecular flexibility index (Phi) is 5.18. The molecule has 2 unspecified atom stereocenters. The van der Waals surface area contributed by atoms with E-state index in [0.29, 0.717) is 19.1 Å². The van der Waals surface area contributed by atoms with Gasteiger partial charge in [-0.2, -0.15) is 0 Å². The van der Waals surface area contributed by atoms with Crippen LogP contribution >= 0.6 is 0 Å². The molecule has 1 saturated heterocycles. The first-order valence-electron chi connectivity index (χ1n) is 5.93. The minimum Gasteiger partial charge on any atom is -0.480 e. The van der Waals surface area contributed by atoms with E-state index in [-0.39, 0.29) is 0 Å². The van der Waals surface area contributed by atoms with Crippen LogP contribution < -0.4 is 5.32 Å². The third kappa shape index (κ3) is 3.73. The molecule has 0 aliphatic carbocycles. The fraction of sp³-hybridized carbons (Fsp3) is 0.909. The smallest absolute Gasteiger partial charge is 0.322 e. The van der Waals surface area contributed by atoms with Gasteiger partial charge in [-0.3, -0.25) is 9.69 Å². The lowest BCUT2D eigenvalue weighted by Crippen LogP contribution is -2.54. The molecular formula is C11H23N3O2. The van der Waals surface area contributed by atoms with Crippen LogP contribution in [0.25, 0.3) is 0 Å². The zero-order valence-electron chi connectivity index (χ0n) is 10.4. The summed E-state index contributed by atoms with van der Waals surface area (Å²) in [5, 5.41) is 12.1. The summed E-state index contributed by atoms with van der Waals surface area (Å²) in [6.07, 6.45) is 0. The van der Waals surface area contributed by atoms with Crippen molar-refractivity contribution >= 4 is 5.97 Å². The van der Waals surface area contributed by atoms with Crippen LogP contribution in [0.1, 0.15) is 13.8 Å². The van der Waals surface area contributed by atoms with E-state index < -0.39 is 12.0 Å². The van der Waals surface area contributed by atoms with E-state index in [1.165, 1.54) is 0 Å². The zero-order valence-corrected chi connectivity index (χ0v) is 10.4. The summed E-state index contributed by atoms with van der Waals surface area (Å²) >= 11 is 0. The number of hydrogen-bond acceptors (Lipinski definition) is 4. The van der Waals surface area contributed by atoms with Crippen LogP contribution in [-0.4, -0.2) is 72.7 Å². The maximum Gasteiger partial charge on any atom is 0.322 e. The first-order valence-corrected chi connectivity index (χ1v) is 5.93. The summed E-state index contributed by atoms with van der Waals surface area (Å²) in [5.74, 6) is -0.756. The average Bonchev–Trinajstić information content (AvgIpc) is 2.22. The number of nitrogens with zero attached hydrogens (tertiary/aromatic N) is 2. The molecule has 0 radical (unpaired) electrons. The van der Waals surface area contributed by atoms with Crippen LogP contribution in [0.5, 0.6) is 0 Å². The normalized spacial score (nSPS) is 25.6. The molecule has 16 heavy (non-hydrogen) atoms. The largest absolute Gasteiger partial charge is 0.480 e. The van der Waals surface area contributed by atoms with Crippen LogP contribution in [0.2, 0.25) is 0 Å². The highest BCUT2D eigenvalue weighted by Crippen LogP contribution is 2.07. The predicted octanol–water partition coefficient (Wildman–Crippen LogP) is -0.315. The lowest BCUT2D eigenvalue weighted by molar-refractivity contribution is -0.140. The molecule has 1 aliphatic heterocycles. The molecule has 0 bridgehead atoms. The molecule has 1 fully saturated rings. The highest BCUT2D eigenvalue weighted by molar-refractivity contribution is 5.73. The maximum atomic E-state index is 11.0. The molecule has 0 aromatic rings. The first kappa shape index (κ1) is 13.4. The number of rotatable bonds is 5. The molecule has 1 rings (SSSR count). The van der Waals surface area contributed by atoms with E-state index in [2.05, 4.69) is 29.1 Å². The molecule has 5 nitrogen and oxygen atoms in total. The van der Waals surface area contributed by atoms with Crippen molar-refractivity contribution in [1.82, 2.24) is 15.1 Å². The van der Waals surface area contributed by atoms with Crippen LogP contribution in [0.3, 0.4) is 0 Å². The second-order valence-corrected chi connectivity index (χ2v) is 4.54. The Morgan fingerprint density at radius 2 is 2.25 bits per heavy atom. The van der Waals surface area contributed by atoms with Gasteiger partial charge in [0.05, 0.1) is 0 Å². The summed E-state index contributed by atoms with van der Waals surface area (Å²) < 4.78 is 0. The minimum atomic E-state index is -0.756. The van der Waals surface area contributed by atoms with Crippen LogP contribution in [0, 0.1) is 0 Å². The van der Waals surface area contributed by atoms with Gasteiger partial charge in [0.2, 0.25) is 0 Å². The van der Waals surface area contributed by atoms with Crippen molar-refractivity contribution in [1.29, 1.82) is 0 Å². The molecule has 2 N–H and O–H groups in total. The predicted molar refractivity (Wildman–Crippen MR) is 63.6 cm³/mol. The summed E-state index contributed by atoms with van der Waals surface area (Å²) in [7, 11) is 2.11. The van der Waals surface area contributed by atoms with E-state index >= 15 is 0 Å². The number of hydrogen-bond donors (Lipinski definition) is 2. The molecule has 0 aromatic carbocycles. The van der Waals surface area contributed by atoms with Crippen molar-refractivity contribution in [2.24, 2.45) is 0 Å². The van der Waals surface area contributed by atoms with Crippen molar-refractivity contribution < 1.29 is 9.90 Å². The van der Waals surface area contributed by atoms with E-state index in [4.69, 9.17) is 5.11 Å². The Labute approximate surface area is 97.4 Å². The van der Waals surface area contributed by atoms with Gasteiger partial charge in [0, 0.05) is 32.2 Å². The number of piperazine rings is 1. The number of aliphatic carboxylic acids is 1. The van der Waals surface area contributed by atoms with Crippen molar-refractivity contribution in [2.75, 3.05) is 39.8 Å². The molecule has 0 spiro atoms. The fourth-order valence-electron chi connectivity index (χ4n) is 2.02. The minimum absolute atomic E-state index is 0.444. The van der Waals surface area contributed by atoms with Gasteiger partial charge < -0.3 is 15.3 Å². The number of carboxylic acids is 1. The molecule has 0 amide bonds. The number of nitrogens with one attached hydrogen (secondary N) is 1. The van der Waals surface area contributed by atoms with Gasteiger partial charge in [0.1, 0.15) is 6.04 Å². The first-order chi connectivity index (χ1) is 7.54. The van der Waals surface area contributed by atoms with Gasteiger partial charge in [-0.15, -0.1) is 0 Å². The van der Waals surface area contributed by atoms with Crippen LogP contribution in [-0.2, 0) is 4.79 Å². The van der Waals surface area contributed by atoms with Gasteiger partial charge >= 0.3 is 5.97 Å². The Bertz CT molecular complexity index is 235. The molecule has 1 heterocycles. The Balaban J connectivity index is 2.43. The maximum absolute atomic E-state index is 11.0. The summed E-state index contributed by atoms with van der Waals surface area (Å²) in [6.45, 7) is 8.32. The van der Waals surface area contributed by atoms with E-state index in [0.717, 1.165) is 19.6 Å². The second-order valence-electron chi connectivity index (χ2n) is 4.54. The monoisotopic (exact) mass is 229 g/mol. The van der Waals surface area contributed by atoms with Crippen LogP contribution in [0.15, 0.2) is 0 Å². The molecule has 2 atom stereocenters. The molecule has 5 heteroatoms. The number of likely N-dealkylation sites (N-methyl/N-ethyl adjacent to an activating group) is 2. The quantitative estimate of drug-likeness (QED) is 0.677. The highest BCUT2D eigenvalue weighted by Gasteiger charge is 2.25. The van der Waals surface area contributed by atoms with Crippen LogP contribution in [0.4, 0.5) is 0 Å². The zero-order chi connectivity index (χ0) is 12.1. The molecule has 0 aromatic heterocycles. The number of carboxylic acid groups (broad SMARTS) is 1. The van der Waals surface area contributed by atoms with Crippen molar-refractivity contribution in [3.05, 3.63) is 0 Å². The van der Waals surface area contributed by atoms with Crippen molar-refractivity contribution in [2.45, 2.75) is 25.9 Å². The van der Waals surface area contributed by atoms with Gasteiger partial charge in [-0.1, -0.05) is 6.92 Å². The Hall–Kier alpha value is -0.650. The van der Waals surface area contributed by atoms with Gasteiger partial charge in [0.25, 0.3) is 0 Å². The van der Waals surface area contributed by atoms with Crippen molar-refractivity contribution in [3.8, 4) is 0 Å². The Morgan fingerprint density at radius 1 is 1.56 bits per heavy atom. The van der Waals surface area contributed by atoms with Gasteiger partial charge in [-0.05, 0) is 20.5 Å². The highest BCUT2D eigenvalue weighted by atomic mass is 16.4. The topological polar surface area (TPSA) is 55.8 Å². The third-order valence-electron chi connectivity index (χ3n) is 3.23. The van der Waals surface area contributed by atoms with Crippen molar-refractivity contribution in [3.63, 3.8) is 0 Å². The molecule has 0 saturated carbocycles. The standard InChI is InChI=1S/C11H23N3O2/c1-4-12-10(11(15)16)8-14-6-5-13(3)9(2)7-14/h9-10,12H,4-8H2,1-3H3,(H,15,16). The number of carbonyl (C=O) groups is 1. The summed E-state index contributed by atoms with van der Waals surface area (Å²) in [5.41, 5.74) is 0. The summed E-state index contributed by atoms with van der Waals surface area (Å²) in [6, 6.07) is 0.0606. The molecule has 1 aliphatic rings. The SMILES string of the molecule is CCNC(CN1CCN(C)C(C)C1)C(=O)O.